The number of esters is 1. The first kappa shape index (κ1) is 52.2. The van der Waals surface area contributed by atoms with Crippen LogP contribution in [0.5, 0.6) is 0 Å². The smallest absolute Gasteiger partial charge is 0.472 e. The maximum Gasteiger partial charge on any atom is 0.472 e. The van der Waals surface area contributed by atoms with Crippen molar-refractivity contribution in [3.8, 4) is 0 Å². The molecule has 3 unspecified atom stereocenters. The summed E-state index contributed by atoms with van der Waals surface area (Å²) in [5.41, 5.74) is 5.35. The minimum absolute atomic E-state index is 0.0138. The average Bonchev–Trinajstić information content (AvgIpc) is 3.15. The van der Waals surface area contributed by atoms with Crippen LogP contribution < -0.4 is 5.73 Å². The molecule has 0 saturated carbocycles. The number of ether oxygens (including phenoxy) is 2. The van der Waals surface area contributed by atoms with Crippen LogP contribution in [-0.4, -0.2) is 60.5 Å². The van der Waals surface area contributed by atoms with E-state index < -0.39 is 45.1 Å². The quantitative estimate of drug-likeness (QED) is 0.0236. The van der Waals surface area contributed by atoms with Gasteiger partial charge in [0.05, 0.1) is 19.8 Å². The number of unbranched alkanes of at least 4 members (excludes halogenated alkanes) is 21. The number of phosphoric ester groups is 1. The van der Waals surface area contributed by atoms with Crippen molar-refractivity contribution >= 4 is 19.8 Å². The van der Waals surface area contributed by atoms with Crippen LogP contribution in [0.25, 0.3) is 0 Å². The van der Waals surface area contributed by atoms with Crippen LogP contribution in [0.1, 0.15) is 187 Å². The molecule has 0 spiro atoms. The number of hydrogen-bond donors (Lipinski definition) is 3. The first-order valence-corrected chi connectivity index (χ1v) is 23.0. The molecule has 0 amide bonds. The number of carbonyl (C=O) groups excluding carboxylic acids is 1. The maximum absolute atomic E-state index is 12.6. The molecule has 0 bridgehead atoms. The van der Waals surface area contributed by atoms with Crippen molar-refractivity contribution in [2.24, 2.45) is 5.73 Å². The largest absolute Gasteiger partial charge is 0.480 e. The highest BCUT2D eigenvalue weighted by Gasteiger charge is 2.27. The molecule has 54 heavy (non-hydrogen) atoms. The van der Waals surface area contributed by atoms with E-state index in [2.05, 4.69) is 50.3 Å². The average molecular weight is 786 g/mol. The predicted molar refractivity (Wildman–Crippen MR) is 221 cm³/mol. The molecular formula is C43H80NO9P. The molecule has 0 radical (unpaired) electrons. The lowest BCUT2D eigenvalue weighted by Crippen LogP contribution is -2.34. The zero-order chi connectivity index (χ0) is 39.8. The topological polar surface area (TPSA) is 155 Å². The summed E-state index contributed by atoms with van der Waals surface area (Å²) in [4.78, 5) is 33.5. The van der Waals surface area contributed by atoms with Crippen molar-refractivity contribution in [3.05, 3.63) is 36.5 Å². The molecular weight excluding hydrogens is 705 g/mol. The summed E-state index contributed by atoms with van der Waals surface area (Å²) in [6, 6.07) is -1.47. The standard InChI is InChI=1S/C43H80NO9P/c1-3-5-7-9-11-13-15-17-18-19-20-21-22-23-25-27-29-31-33-35-42(45)53-40(38-51-54(48,49)52-39-41(44)43(46)47)37-50-36-34-32-30-28-26-24-16-14-12-10-8-6-4-2/h11,13,17-18,20-21,40-41H,3-10,12,14-16,19,22-39,44H2,1-2H3,(H,46,47)(H,48,49)/b13-11-,18-17-,21-20-. The number of phosphoric acid groups is 1. The fourth-order valence-corrected chi connectivity index (χ4v) is 6.56. The van der Waals surface area contributed by atoms with Gasteiger partial charge in [-0.25, -0.2) is 4.57 Å². The highest BCUT2D eigenvalue weighted by molar-refractivity contribution is 7.47. The van der Waals surface area contributed by atoms with Gasteiger partial charge < -0.3 is 25.2 Å². The maximum atomic E-state index is 12.6. The van der Waals surface area contributed by atoms with Gasteiger partial charge >= 0.3 is 19.8 Å². The van der Waals surface area contributed by atoms with Crippen LogP contribution in [0.4, 0.5) is 0 Å². The summed E-state index contributed by atoms with van der Waals surface area (Å²) in [5, 5.41) is 8.89. The van der Waals surface area contributed by atoms with Crippen molar-refractivity contribution in [1.82, 2.24) is 0 Å². The van der Waals surface area contributed by atoms with Gasteiger partial charge in [-0.3, -0.25) is 18.6 Å². The van der Waals surface area contributed by atoms with Crippen LogP contribution in [0, 0.1) is 0 Å². The third-order valence-corrected chi connectivity index (χ3v) is 10.1. The molecule has 0 aliphatic heterocycles. The molecule has 11 heteroatoms. The molecule has 0 aliphatic rings. The van der Waals surface area contributed by atoms with Crippen molar-refractivity contribution in [3.63, 3.8) is 0 Å². The van der Waals surface area contributed by atoms with E-state index in [4.69, 9.17) is 29.4 Å². The number of carboxylic acids is 1. The highest BCUT2D eigenvalue weighted by Crippen LogP contribution is 2.43. The number of aliphatic carboxylic acids is 1. The minimum Gasteiger partial charge on any atom is -0.480 e. The molecule has 0 heterocycles. The fraction of sp³-hybridized carbons (Fsp3) is 0.814. The molecule has 0 aromatic carbocycles. The lowest BCUT2D eigenvalue weighted by atomic mass is 10.0. The third-order valence-electron chi connectivity index (χ3n) is 9.17. The van der Waals surface area contributed by atoms with Gasteiger partial charge in [0, 0.05) is 13.0 Å². The fourth-order valence-electron chi connectivity index (χ4n) is 5.79. The van der Waals surface area contributed by atoms with Crippen LogP contribution in [0.2, 0.25) is 0 Å². The Labute approximate surface area is 329 Å². The normalized spacial score (nSPS) is 14.3. The van der Waals surface area contributed by atoms with E-state index in [9.17, 15) is 19.0 Å². The Hall–Kier alpha value is -1.81. The zero-order valence-corrected chi connectivity index (χ0v) is 35.2. The number of allylic oxidation sites excluding steroid dienone is 6. The Morgan fingerprint density at radius 3 is 1.56 bits per heavy atom. The Kier molecular flexibility index (Phi) is 38.1. The third kappa shape index (κ3) is 38.5. The summed E-state index contributed by atoms with van der Waals surface area (Å²) in [6.07, 6.45) is 43.3. The van der Waals surface area contributed by atoms with E-state index in [0.29, 0.717) is 13.0 Å². The van der Waals surface area contributed by atoms with Crippen LogP contribution in [-0.2, 0) is 32.7 Å². The lowest BCUT2D eigenvalue weighted by molar-refractivity contribution is -0.154. The van der Waals surface area contributed by atoms with Crippen molar-refractivity contribution in [1.29, 1.82) is 0 Å². The molecule has 4 N–H and O–H groups in total. The second-order valence-electron chi connectivity index (χ2n) is 14.5. The van der Waals surface area contributed by atoms with Gasteiger partial charge in [0.1, 0.15) is 12.1 Å². The first-order chi connectivity index (χ1) is 26.2. The van der Waals surface area contributed by atoms with E-state index in [0.717, 1.165) is 70.6 Å². The summed E-state index contributed by atoms with van der Waals surface area (Å²) in [7, 11) is -4.62. The van der Waals surface area contributed by atoms with E-state index >= 15 is 0 Å². The molecule has 10 nitrogen and oxygen atoms in total. The van der Waals surface area contributed by atoms with E-state index in [1.54, 1.807) is 0 Å². The van der Waals surface area contributed by atoms with E-state index in [1.807, 2.05) is 0 Å². The van der Waals surface area contributed by atoms with E-state index in [1.165, 1.54) is 89.9 Å². The van der Waals surface area contributed by atoms with Crippen LogP contribution >= 0.6 is 7.82 Å². The minimum atomic E-state index is -4.62. The van der Waals surface area contributed by atoms with Crippen LogP contribution in [0.3, 0.4) is 0 Å². The molecule has 0 saturated heterocycles. The Balaban J connectivity index is 4.26. The molecule has 0 aliphatic carbocycles. The van der Waals surface area contributed by atoms with Crippen molar-refractivity contribution < 1.29 is 42.7 Å². The summed E-state index contributed by atoms with van der Waals surface area (Å²) in [5.74, 6) is -1.79. The number of hydrogen-bond acceptors (Lipinski definition) is 8. The predicted octanol–water partition coefficient (Wildman–Crippen LogP) is 11.7. The number of nitrogens with two attached hydrogens (primary N) is 1. The monoisotopic (exact) mass is 786 g/mol. The molecule has 0 aromatic rings. The van der Waals surface area contributed by atoms with E-state index in [-0.39, 0.29) is 13.0 Å². The molecule has 0 fully saturated rings. The van der Waals surface area contributed by atoms with Crippen LogP contribution in [0.15, 0.2) is 36.5 Å². The van der Waals surface area contributed by atoms with Crippen molar-refractivity contribution in [2.75, 3.05) is 26.4 Å². The van der Waals surface area contributed by atoms with Gasteiger partial charge in [0.25, 0.3) is 0 Å². The number of rotatable bonds is 41. The van der Waals surface area contributed by atoms with Gasteiger partial charge in [-0.2, -0.15) is 0 Å². The molecule has 316 valence electrons. The van der Waals surface area contributed by atoms with Gasteiger partial charge in [0.2, 0.25) is 0 Å². The Morgan fingerprint density at radius 1 is 0.593 bits per heavy atom. The second-order valence-corrected chi connectivity index (χ2v) is 15.9. The SMILES string of the molecule is CCCCC/C=C\C/C=C\C/C=C\CCCCCCCCC(=O)OC(COCCCCCCCCCCCCCCC)COP(=O)(O)OCC(N)C(=O)O. The van der Waals surface area contributed by atoms with Gasteiger partial charge in [-0.15, -0.1) is 0 Å². The second kappa shape index (κ2) is 39.4. The molecule has 0 rings (SSSR count). The molecule has 3 atom stereocenters. The van der Waals surface area contributed by atoms with Gasteiger partial charge in [-0.05, 0) is 51.4 Å². The zero-order valence-electron chi connectivity index (χ0n) is 34.3. The number of carboxylic acid groups (broad SMARTS) is 1. The van der Waals surface area contributed by atoms with Crippen molar-refractivity contribution in [2.45, 2.75) is 199 Å². The highest BCUT2D eigenvalue weighted by atomic mass is 31.2. The Bertz CT molecular complexity index is 1000. The summed E-state index contributed by atoms with van der Waals surface area (Å²) >= 11 is 0. The lowest BCUT2D eigenvalue weighted by Gasteiger charge is -2.20. The Morgan fingerprint density at radius 2 is 1.02 bits per heavy atom. The van der Waals surface area contributed by atoms with Gasteiger partial charge in [0.15, 0.2) is 0 Å². The van der Waals surface area contributed by atoms with Gasteiger partial charge in [-0.1, -0.05) is 166 Å². The first-order valence-electron chi connectivity index (χ1n) is 21.5. The molecule has 0 aromatic heterocycles. The number of carbonyl (C=O) groups is 2. The summed E-state index contributed by atoms with van der Waals surface area (Å²) < 4.78 is 33.3. The summed E-state index contributed by atoms with van der Waals surface area (Å²) in [6.45, 7) is 3.85.